The molecule has 4 nitrogen and oxygen atoms in total. The molecular weight excluding hydrogens is 671 g/mol. The van der Waals surface area contributed by atoms with Crippen LogP contribution in [0.4, 0.5) is 0 Å². The first kappa shape index (κ1) is 33.0. The average molecular weight is 710 g/mol. The van der Waals surface area contributed by atoms with Crippen molar-refractivity contribution in [1.82, 2.24) is 15.0 Å². The molecule has 264 valence electrons. The molecule has 0 radical (unpaired) electrons. The van der Waals surface area contributed by atoms with Gasteiger partial charge in [0, 0.05) is 34.1 Å². The van der Waals surface area contributed by atoms with E-state index in [4.69, 9.17) is 19.7 Å². The summed E-state index contributed by atoms with van der Waals surface area (Å²) in [4.78, 5) is 15.6. The van der Waals surface area contributed by atoms with Gasteiger partial charge in [0.25, 0.3) is 0 Å². The topological polar surface area (TPSA) is 47.9 Å². The third kappa shape index (κ3) is 6.51. The molecule has 7 aromatic carbocycles. The Morgan fingerprint density at radius 2 is 0.782 bits per heavy atom. The number of fused-ring (bicyclic) bond motifs is 3. The zero-order valence-corrected chi connectivity index (χ0v) is 30.4. The van der Waals surface area contributed by atoms with E-state index < -0.39 is 0 Å². The van der Waals surface area contributed by atoms with Crippen molar-refractivity contribution in [3.8, 4) is 73.3 Å². The number of benzene rings is 7. The highest BCUT2D eigenvalue weighted by Crippen LogP contribution is 2.51. The maximum Gasteiger partial charge on any atom is 0.164 e. The molecule has 2 heterocycles. The molecule has 2 aliphatic rings. The van der Waals surface area contributed by atoms with Crippen LogP contribution in [0.1, 0.15) is 42.2 Å². The van der Waals surface area contributed by atoms with Gasteiger partial charge in [-0.2, -0.15) is 0 Å². The van der Waals surface area contributed by atoms with Crippen LogP contribution in [0.3, 0.4) is 0 Å². The first-order chi connectivity index (χ1) is 27.2. The van der Waals surface area contributed by atoms with E-state index in [1.54, 1.807) is 0 Å². The second-order valence-electron chi connectivity index (χ2n) is 14.7. The zero-order valence-electron chi connectivity index (χ0n) is 30.4. The predicted molar refractivity (Wildman–Crippen MR) is 223 cm³/mol. The van der Waals surface area contributed by atoms with Gasteiger partial charge in [-0.1, -0.05) is 170 Å². The van der Waals surface area contributed by atoms with Gasteiger partial charge >= 0.3 is 0 Å². The number of ether oxygens (including phenoxy) is 1. The van der Waals surface area contributed by atoms with Crippen LogP contribution in [0.2, 0.25) is 0 Å². The molecule has 1 fully saturated rings. The lowest BCUT2D eigenvalue weighted by Crippen LogP contribution is -2.31. The fourth-order valence-electron chi connectivity index (χ4n) is 8.50. The van der Waals surface area contributed by atoms with Crippen molar-refractivity contribution in [2.75, 3.05) is 0 Å². The summed E-state index contributed by atoms with van der Waals surface area (Å²) in [5.74, 6) is 3.61. The molecule has 0 N–H and O–H groups in total. The maximum absolute atomic E-state index is 6.76. The molecule has 1 aromatic heterocycles. The van der Waals surface area contributed by atoms with Crippen molar-refractivity contribution in [1.29, 1.82) is 0 Å². The largest absolute Gasteiger partial charge is 0.489 e. The summed E-state index contributed by atoms with van der Waals surface area (Å²) in [6.45, 7) is 0. The number of hydrogen-bond donors (Lipinski definition) is 0. The molecule has 1 aliphatic carbocycles. The van der Waals surface area contributed by atoms with Gasteiger partial charge in [-0.15, -0.1) is 0 Å². The van der Waals surface area contributed by atoms with Crippen molar-refractivity contribution in [2.24, 2.45) is 0 Å². The fourth-order valence-corrected chi connectivity index (χ4v) is 8.50. The highest BCUT2D eigenvalue weighted by atomic mass is 16.5. The summed E-state index contributed by atoms with van der Waals surface area (Å²) in [6, 6.07) is 64.1. The van der Waals surface area contributed by atoms with E-state index >= 15 is 0 Å². The van der Waals surface area contributed by atoms with Crippen LogP contribution in [-0.4, -0.2) is 21.1 Å². The van der Waals surface area contributed by atoms with Crippen LogP contribution >= 0.6 is 0 Å². The lowest BCUT2D eigenvalue weighted by Gasteiger charge is -2.33. The van der Waals surface area contributed by atoms with E-state index in [1.165, 1.54) is 22.3 Å². The molecule has 4 heteroatoms. The number of para-hydroxylation sites is 1. The molecule has 3 atom stereocenters. The molecule has 1 saturated carbocycles. The summed E-state index contributed by atoms with van der Waals surface area (Å²) in [5, 5.41) is 0. The summed E-state index contributed by atoms with van der Waals surface area (Å²) in [5.41, 5.74) is 12.4. The van der Waals surface area contributed by atoms with Crippen molar-refractivity contribution in [3.63, 3.8) is 0 Å². The molecule has 0 amide bonds. The second-order valence-corrected chi connectivity index (χ2v) is 14.7. The standard InChI is InChI=1S/C51H39N3O/c1-4-13-34(14-5-1)37-23-27-39(28-24-37)49-52-50(40-29-25-38(26-30-40)35-15-6-2-7-16-35)54-51(53-49)43-32-41(36-17-8-3-9-18-36)31-42(33-43)44-20-12-21-46-45-19-10-11-22-47(45)55-48(44)46/h1-11,13-19,22-33,44,46,48H,12,20-21H2. The van der Waals surface area contributed by atoms with Crippen LogP contribution in [0.5, 0.6) is 5.75 Å². The number of rotatable bonds is 7. The van der Waals surface area contributed by atoms with Gasteiger partial charge in [0.1, 0.15) is 11.9 Å². The van der Waals surface area contributed by atoms with Gasteiger partial charge in [0.2, 0.25) is 0 Å². The van der Waals surface area contributed by atoms with E-state index in [1.807, 2.05) is 12.1 Å². The average Bonchev–Trinajstić information content (AvgIpc) is 3.66. The number of aromatic nitrogens is 3. The molecular formula is C51H39N3O. The quantitative estimate of drug-likeness (QED) is 0.165. The third-order valence-electron chi connectivity index (χ3n) is 11.3. The second kappa shape index (κ2) is 14.3. The minimum atomic E-state index is 0.0979. The lowest BCUT2D eigenvalue weighted by molar-refractivity contribution is 0.138. The summed E-state index contributed by atoms with van der Waals surface area (Å²) >= 11 is 0. The lowest BCUT2D eigenvalue weighted by atomic mass is 9.73. The first-order valence-corrected chi connectivity index (χ1v) is 19.3. The van der Waals surface area contributed by atoms with E-state index in [9.17, 15) is 0 Å². The molecule has 0 bridgehead atoms. The predicted octanol–water partition coefficient (Wildman–Crippen LogP) is 12.7. The highest BCUT2D eigenvalue weighted by Gasteiger charge is 2.42. The van der Waals surface area contributed by atoms with Crippen LogP contribution in [0.15, 0.2) is 182 Å². The van der Waals surface area contributed by atoms with Crippen LogP contribution in [-0.2, 0) is 0 Å². The summed E-state index contributed by atoms with van der Waals surface area (Å²) in [6.07, 6.45) is 3.48. The summed E-state index contributed by atoms with van der Waals surface area (Å²) < 4.78 is 6.76. The van der Waals surface area contributed by atoms with Crippen LogP contribution in [0.25, 0.3) is 67.5 Å². The minimum absolute atomic E-state index is 0.0979. The summed E-state index contributed by atoms with van der Waals surface area (Å²) in [7, 11) is 0. The monoisotopic (exact) mass is 709 g/mol. The van der Waals surface area contributed by atoms with Gasteiger partial charge in [0.15, 0.2) is 17.5 Å². The van der Waals surface area contributed by atoms with Gasteiger partial charge < -0.3 is 4.74 Å². The molecule has 3 unspecified atom stereocenters. The molecule has 8 aromatic rings. The molecule has 10 rings (SSSR count). The van der Waals surface area contributed by atoms with E-state index in [-0.39, 0.29) is 12.0 Å². The zero-order chi connectivity index (χ0) is 36.6. The van der Waals surface area contributed by atoms with Crippen LogP contribution in [0, 0.1) is 0 Å². The van der Waals surface area contributed by atoms with Crippen molar-refractivity contribution in [2.45, 2.75) is 37.2 Å². The van der Waals surface area contributed by atoms with Gasteiger partial charge in [-0.05, 0) is 70.0 Å². The Balaban J connectivity index is 1.10. The van der Waals surface area contributed by atoms with E-state index in [0.29, 0.717) is 23.4 Å². The SMILES string of the molecule is c1ccc(-c2ccc(-c3nc(-c4ccc(-c5ccccc5)cc4)nc(-c4cc(-c5ccccc5)cc(C5CCCC6c7ccccc7OC56)c4)n3)cc2)cc1. The van der Waals surface area contributed by atoms with Crippen LogP contribution < -0.4 is 4.74 Å². The molecule has 1 aliphatic heterocycles. The van der Waals surface area contributed by atoms with Gasteiger partial charge in [-0.25, -0.2) is 15.0 Å². The number of hydrogen-bond acceptors (Lipinski definition) is 4. The smallest absolute Gasteiger partial charge is 0.164 e. The maximum atomic E-state index is 6.76. The van der Waals surface area contributed by atoms with Gasteiger partial charge in [0.05, 0.1) is 0 Å². The normalized spacial score (nSPS) is 17.2. The Kier molecular flexibility index (Phi) is 8.57. The van der Waals surface area contributed by atoms with E-state index in [2.05, 4.69) is 170 Å². The minimum Gasteiger partial charge on any atom is -0.489 e. The number of nitrogens with zero attached hydrogens (tertiary/aromatic N) is 3. The van der Waals surface area contributed by atoms with Crippen molar-refractivity contribution >= 4 is 0 Å². The fraction of sp³-hybridized carbons (Fsp3) is 0.118. The van der Waals surface area contributed by atoms with Crippen molar-refractivity contribution in [3.05, 3.63) is 193 Å². The Morgan fingerprint density at radius 1 is 0.364 bits per heavy atom. The highest BCUT2D eigenvalue weighted by molar-refractivity contribution is 5.75. The molecule has 0 saturated heterocycles. The third-order valence-corrected chi connectivity index (χ3v) is 11.3. The molecule has 55 heavy (non-hydrogen) atoms. The van der Waals surface area contributed by atoms with Crippen molar-refractivity contribution < 1.29 is 4.74 Å². The van der Waals surface area contributed by atoms with E-state index in [0.717, 1.165) is 64.0 Å². The first-order valence-electron chi connectivity index (χ1n) is 19.3. The molecule has 0 spiro atoms. The van der Waals surface area contributed by atoms with Gasteiger partial charge in [-0.3, -0.25) is 0 Å². The Hall–Kier alpha value is -6.65. The Bertz CT molecular complexity index is 2490. The Labute approximate surface area is 322 Å². The Morgan fingerprint density at radius 3 is 1.35 bits per heavy atom.